The number of hydrogen-bond acceptors (Lipinski definition) is 4. The van der Waals surface area contributed by atoms with Crippen molar-refractivity contribution < 1.29 is 4.74 Å². The van der Waals surface area contributed by atoms with Gasteiger partial charge in [-0.1, -0.05) is 20.8 Å². The van der Waals surface area contributed by atoms with Crippen molar-refractivity contribution in [2.45, 2.75) is 52.6 Å². The monoisotopic (exact) mass is 403 g/mol. The zero-order chi connectivity index (χ0) is 15.4. The molecule has 0 spiro atoms. The summed E-state index contributed by atoms with van der Waals surface area (Å²) in [5.74, 6) is 3.01. The van der Waals surface area contributed by atoms with Crippen LogP contribution in [0, 0.1) is 15.4 Å². The number of hydrogen-bond donors (Lipinski definition) is 1. The second kappa shape index (κ2) is 7.72. The maximum absolute atomic E-state index is 5.66. The van der Waals surface area contributed by atoms with Crippen molar-refractivity contribution in [3.63, 3.8) is 0 Å². The molecule has 1 aliphatic rings. The third-order valence-corrected chi connectivity index (χ3v) is 4.77. The third-order valence-electron chi connectivity index (χ3n) is 3.64. The van der Waals surface area contributed by atoms with Gasteiger partial charge in [0.05, 0.1) is 9.26 Å². The van der Waals surface area contributed by atoms with Crippen LogP contribution in [-0.4, -0.2) is 23.6 Å². The van der Waals surface area contributed by atoms with Gasteiger partial charge in [-0.15, -0.1) is 0 Å². The average Bonchev–Trinajstić information content (AvgIpc) is 3.25. The van der Waals surface area contributed by atoms with Crippen molar-refractivity contribution in [2.75, 3.05) is 19.0 Å². The molecule has 1 atom stereocenters. The van der Waals surface area contributed by atoms with E-state index < -0.39 is 0 Å². The molecule has 1 aromatic heterocycles. The van der Waals surface area contributed by atoms with Gasteiger partial charge >= 0.3 is 0 Å². The zero-order valence-corrected chi connectivity index (χ0v) is 15.6. The van der Waals surface area contributed by atoms with Gasteiger partial charge in [0.15, 0.2) is 5.82 Å². The molecule has 0 radical (unpaired) electrons. The van der Waals surface area contributed by atoms with E-state index in [0.717, 1.165) is 40.3 Å². The highest BCUT2D eigenvalue weighted by Gasteiger charge is 2.35. The maximum Gasteiger partial charge on any atom is 0.160 e. The van der Waals surface area contributed by atoms with E-state index in [2.05, 4.69) is 48.7 Å². The van der Waals surface area contributed by atoms with Crippen molar-refractivity contribution in [3.05, 3.63) is 15.1 Å². The van der Waals surface area contributed by atoms with Gasteiger partial charge < -0.3 is 10.1 Å². The Bertz CT molecular complexity index is 475. The normalized spacial score (nSPS) is 16.3. The van der Waals surface area contributed by atoms with Gasteiger partial charge in [-0.3, -0.25) is 0 Å². The molecule has 2 rings (SSSR count). The molecule has 1 N–H and O–H groups in total. The van der Waals surface area contributed by atoms with Gasteiger partial charge in [-0.05, 0) is 60.1 Å². The molecule has 4 nitrogen and oxygen atoms in total. The van der Waals surface area contributed by atoms with Gasteiger partial charge in [-0.25, -0.2) is 9.97 Å². The topological polar surface area (TPSA) is 47.0 Å². The molecule has 0 saturated heterocycles. The lowest BCUT2D eigenvalue weighted by atomic mass is 10.1. The summed E-state index contributed by atoms with van der Waals surface area (Å²) in [6, 6.07) is 0. The Morgan fingerprint density at radius 2 is 2.05 bits per heavy atom. The van der Waals surface area contributed by atoms with Crippen molar-refractivity contribution in [3.8, 4) is 0 Å². The van der Waals surface area contributed by atoms with Crippen LogP contribution in [0.4, 0.5) is 5.82 Å². The standard InChI is InChI=1S/C16H26IN3O/c1-5-8-18-15-13(17)12(9-10(2)3)19-16(20-15)14(21-4)11-6-7-11/h10-11,14H,5-9H2,1-4H3,(H,18,19,20). The van der Waals surface area contributed by atoms with Gasteiger partial charge in [0, 0.05) is 13.7 Å². The Kier molecular flexibility index (Phi) is 6.22. The lowest BCUT2D eigenvalue weighted by Crippen LogP contribution is -2.16. The first-order chi connectivity index (χ1) is 10.1. The van der Waals surface area contributed by atoms with Crippen LogP contribution in [0.2, 0.25) is 0 Å². The van der Waals surface area contributed by atoms with E-state index >= 15 is 0 Å². The number of anilines is 1. The fourth-order valence-electron chi connectivity index (χ4n) is 2.43. The Balaban J connectivity index is 2.34. The van der Waals surface area contributed by atoms with E-state index in [1.54, 1.807) is 7.11 Å². The Hall–Kier alpha value is -0.430. The molecule has 0 bridgehead atoms. The molecule has 1 saturated carbocycles. The van der Waals surface area contributed by atoms with Crippen molar-refractivity contribution >= 4 is 28.4 Å². The first-order valence-corrected chi connectivity index (χ1v) is 8.97. The number of nitrogens with one attached hydrogen (secondary N) is 1. The zero-order valence-electron chi connectivity index (χ0n) is 13.4. The second-order valence-electron chi connectivity index (χ2n) is 6.21. The molecule has 0 amide bonds. The summed E-state index contributed by atoms with van der Waals surface area (Å²) in [6.45, 7) is 7.56. The van der Waals surface area contributed by atoms with Crippen LogP contribution >= 0.6 is 22.6 Å². The number of aromatic nitrogens is 2. The van der Waals surface area contributed by atoms with E-state index in [1.165, 1.54) is 12.8 Å². The summed E-state index contributed by atoms with van der Waals surface area (Å²) in [4.78, 5) is 9.59. The van der Waals surface area contributed by atoms with Gasteiger partial charge in [-0.2, -0.15) is 0 Å². The molecule has 118 valence electrons. The van der Waals surface area contributed by atoms with Crippen molar-refractivity contribution in [1.29, 1.82) is 0 Å². The lowest BCUT2D eigenvalue weighted by molar-refractivity contribution is 0.0770. The van der Waals surface area contributed by atoms with Crippen LogP contribution in [0.3, 0.4) is 0 Å². The summed E-state index contributed by atoms with van der Waals surface area (Å²) in [5.41, 5.74) is 1.15. The molecule has 0 aliphatic heterocycles. The maximum atomic E-state index is 5.66. The quantitative estimate of drug-likeness (QED) is 0.661. The molecule has 21 heavy (non-hydrogen) atoms. The van der Waals surface area contributed by atoms with Crippen LogP contribution in [0.5, 0.6) is 0 Å². The summed E-state index contributed by atoms with van der Waals surface area (Å²) < 4.78 is 6.82. The minimum absolute atomic E-state index is 0.0510. The Morgan fingerprint density at radius 3 is 2.57 bits per heavy atom. The molecular formula is C16H26IN3O. The molecule has 1 fully saturated rings. The lowest BCUT2D eigenvalue weighted by Gasteiger charge is -2.18. The van der Waals surface area contributed by atoms with E-state index in [0.29, 0.717) is 11.8 Å². The van der Waals surface area contributed by atoms with Crippen LogP contribution < -0.4 is 5.32 Å². The Morgan fingerprint density at radius 1 is 1.33 bits per heavy atom. The predicted octanol–water partition coefficient (Wildman–Crippen LogP) is 4.20. The fraction of sp³-hybridized carbons (Fsp3) is 0.750. The highest BCUT2D eigenvalue weighted by atomic mass is 127. The second-order valence-corrected chi connectivity index (χ2v) is 7.29. The molecule has 1 aliphatic carbocycles. The molecule has 5 heteroatoms. The minimum Gasteiger partial charge on any atom is -0.373 e. The highest BCUT2D eigenvalue weighted by Crippen LogP contribution is 2.42. The number of rotatable bonds is 8. The van der Waals surface area contributed by atoms with Gasteiger partial charge in [0.1, 0.15) is 11.9 Å². The average molecular weight is 403 g/mol. The van der Waals surface area contributed by atoms with Crippen molar-refractivity contribution in [1.82, 2.24) is 9.97 Å². The van der Waals surface area contributed by atoms with E-state index in [1.807, 2.05) is 0 Å². The van der Waals surface area contributed by atoms with Gasteiger partial charge in [0.25, 0.3) is 0 Å². The Labute approximate surface area is 141 Å². The van der Waals surface area contributed by atoms with E-state index in [9.17, 15) is 0 Å². The smallest absolute Gasteiger partial charge is 0.160 e. The molecule has 1 unspecified atom stereocenters. The largest absolute Gasteiger partial charge is 0.373 e. The SMILES string of the molecule is CCCNc1nc(C(OC)C2CC2)nc(CC(C)C)c1I. The molecular weight excluding hydrogens is 377 g/mol. The minimum atomic E-state index is 0.0510. The summed E-state index contributed by atoms with van der Waals surface area (Å²) >= 11 is 2.37. The first kappa shape index (κ1) is 16.9. The predicted molar refractivity (Wildman–Crippen MR) is 94.5 cm³/mol. The summed E-state index contributed by atoms with van der Waals surface area (Å²) in [7, 11) is 1.77. The van der Waals surface area contributed by atoms with Crippen molar-refractivity contribution in [2.24, 2.45) is 11.8 Å². The number of nitrogens with zero attached hydrogens (tertiary/aromatic N) is 2. The van der Waals surface area contributed by atoms with Gasteiger partial charge in [0.2, 0.25) is 0 Å². The summed E-state index contributed by atoms with van der Waals surface area (Å²) in [6.07, 6.45) is 4.58. The van der Waals surface area contributed by atoms with E-state index in [4.69, 9.17) is 14.7 Å². The van der Waals surface area contributed by atoms with Crippen LogP contribution in [-0.2, 0) is 11.2 Å². The molecule has 1 heterocycles. The fourth-order valence-corrected chi connectivity index (χ4v) is 3.08. The summed E-state index contributed by atoms with van der Waals surface area (Å²) in [5, 5.41) is 3.44. The van der Waals surface area contributed by atoms with Crippen LogP contribution in [0.25, 0.3) is 0 Å². The number of methoxy groups -OCH3 is 1. The molecule has 1 aromatic rings. The highest BCUT2D eigenvalue weighted by molar-refractivity contribution is 14.1. The first-order valence-electron chi connectivity index (χ1n) is 7.89. The molecule has 0 aromatic carbocycles. The number of halogens is 1. The number of ether oxygens (including phenoxy) is 1. The van der Waals surface area contributed by atoms with Crippen LogP contribution in [0.1, 0.15) is 57.7 Å². The van der Waals surface area contributed by atoms with E-state index in [-0.39, 0.29) is 6.10 Å². The van der Waals surface area contributed by atoms with Crippen LogP contribution in [0.15, 0.2) is 0 Å². The third kappa shape index (κ3) is 4.52.